The maximum atomic E-state index is 14.4. The van der Waals surface area contributed by atoms with Crippen molar-refractivity contribution in [2.24, 2.45) is 56.7 Å². The van der Waals surface area contributed by atoms with E-state index in [1.807, 2.05) is 19.1 Å². The highest BCUT2D eigenvalue weighted by Crippen LogP contribution is 2.75. The number of hydrogen-bond acceptors (Lipinski definition) is 3. The second-order valence-electron chi connectivity index (χ2n) is 14.2. The standard InChI is InChI=1S/C31H45ClO3/c1-18-9-12-27(3)15-16-29(5)20(24(27)19(18)2)17-21(33)25-30(29,6)14-10-22-28(4,26(34)35-8)13-11-23(32)31(22,25)7/h11,13,17-19,22-25H,9-10,12,14-16H2,1-8H3/t18-,19+,22+,23+,24+,25+,27-,28+,29-,30-,31-/m1/s1. The minimum Gasteiger partial charge on any atom is -0.468 e. The first-order valence-electron chi connectivity index (χ1n) is 13.9. The number of hydrogen-bond donors (Lipinski definition) is 0. The van der Waals surface area contributed by atoms with Gasteiger partial charge in [-0.3, -0.25) is 9.59 Å². The number of carbonyl (C=O) groups excluding carboxylic acids is 2. The van der Waals surface area contributed by atoms with Gasteiger partial charge >= 0.3 is 5.97 Å². The first kappa shape index (κ1) is 25.6. The quantitative estimate of drug-likeness (QED) is 0.214. The average Bonchev–Trinajstić information content (AvgIpc) is 2.80. The molecule has 0 aromatic heterocycles. The van der Waals surface area contributed by atoms with Crippen molar-refractivity contribution in [1.29, 1.82) is 0 Å². The van der Waals surface area contributed by atoms with Crippen LogP contribution in [0.3, 0.4) is 0 Å². The van der Waals surface area contributed by atoms with Crippen molar-refractivity contribution < 1.29 is 14.3 Å². The predicted molar refractivity (Wildman–Crippen MR) is 141 cm³/mol. The zero-order valence-electron chi connectivity index (χ0n) is 23.0. The molecule has 0 amide bonds. The molecule has 0 heterocycles. The zero-order valence-corrected chi connectivity index (χ0v) is 23.8. The van der Waals surface area contributed by atoms with Crippen molar-refractivity contribution >= 4 is 23.4 Å². The molecule has 0 unspecified atom stereocenters. The fraction of sp³-hybridized carbons (Fsp3) is 0.806. The van der Waals surface area contributed by atoms with Crippen LogP contribution < -0.4 is 0 Å². The van der Waals surface area contributed by atoms with E-state index in [9.17, 15) is 9.59 Å². The van der Waals surface area contributed by atoms with Gasteiger partial charge in [0.25, 0.3) is 0 Å². The molecule has 35 heavy (non-hydrogen) atoms. The van der Waals surface area contributed by atoms with Gasteiger partial charge in [-0.25, -0.2) is 0 Å². The Bertz CT molecular complexity index is 1010. The van der Waals surface area contributed by atoms with Crippen molar-refractivity contribution in [3.05, 3.63) is 23.8 Å². The summed E-state index contributed by atoms with van der Waals surface area (Å²) in [7, 11) is 1.46. The van der Waals surface area contributed by atoms with Crippen molar-refractivity contribution in [2.45, 2.75) is 92.4 Å². The average molecular weight is 501 g/mol. The van der Waals surface area contributed by atoms with Gasteiger partial charge in [0, 0.05) is 11.3 Å². The Kier molecular flexibility index (Phi) is 5.63. The van der Waals surface area contributed by atoms with Gasteiger partial charge in [-0.05, 0) is 91.4 Å². The third-order valence-electron chi connectivity index (χ3n) is 12.9. The van der Waals surface area contributed by atoms with E-state index in [1.54, 1.807) is 0 Å². The first-order valence-corrected chi connectivity index (χ1v) is 14.3. The number of ketones is 1. The molecule has 5 aliphatic rings. The summed E-state index contributed by atoms with van der Waals surface area (Å²) in [5.41, 5.74) is 0.226. The lowest BCUT2D eigenvalue weighted by atomic mass is 9.33. The molecule has 3 nitrogen and oxygen atoms in total. The second kappa shape index (κ2) is 7.71. The van der Waals surface area contributed by atoms with E-state index >= 15 is 0 Å². The SMILES string of the molecule is COC(=O)[C@@]1(C)C=C[C@H](Cl)[C@@]2(C)[C@H]1CC[C@]1(C)[C@@H]2C(=O)C=C2[C@@H]3[C@@H](C)[C@H](C)CC[C@]3(C)CC[C@]21C. The molecule has 3 fully saturated rings. The van der Waals surface area contributed by atoms with Gasteiger partial charge in [-0.2, -0.15) is 0 Å². The number of alkyl halides is 1. The molecule has 0 radical (unpaired) electrons. The highest BCUT2D eigenvalue weighted by Gasteiger charge is 2.71. The molecule has 0 spiro atoms. The van der Waals surface area contributed by atoms with E-state index in [2.05, 4.69) is 47.6 Å². The highest BCUT2D eigenvalue weighted by atomic mass is 35.5. The van der Waals surface area contributed by atoms with Gasteiger partial charge in [0.15, 0.2) is 5.78 Å². The Morgan fingerprint density at radius 2 is 1.71 bits per heavy atom. The molecule has 5 aliphatic carbocycles. The Balaban J connectivity index is 1.67. The molecule has 0 aromatic rings. The van der Waals surface area contributed by atoms with Crippen LogP contribution in [-0.2, 0) is 14.3 Å². The highest BCUT2D eigenvalue weighted by molar-refractivity contribution is 6.23. The Hall–Kier alpha value is -1.09. The van der Waals surface area contributed by atoms with Gasteiger partial charge in [0.05, 0.1) is 17.9 Å². The lowest BCUT2D eigenvalue weighted by Gasteiger charge is -2.70. The number of ether oxygens (including phenoxy) is 1. The van der Waals surface area contributed by atoms with E-state index in [0.29, 0.717) is 17.8 Å². The minimum atomic E-state index is -0.764. The molecule has 0 bridgehead atoms. The van der Waals surface area contributed by atoms with Crippen LogP contribution in [0.1, 0.15) is 87.0 Å². The fourth-order valence-corrected chi connectivity index (χ4v) is 10.7. The molecule has 0 aliphatic heterocycles. The van der Waals surface area contributed by atoms with Crippen LogP contribution in [0.15, 0.2) is 23.8 Å². The number of carbonyl (C=O) groups is 2. The van der Waals surface area contributed by atoms with Gasteiger partial charge in [0.1, 0.15) is 0 Å². The van der Waals surface area contributed by atoms with Crippen LogP contribution in [-0.4, -0.2) is 24.2 Å². The van der Waals surface area contributed by atoms with Gasteiger partial charge < -0.3 is 4.74 Å². The molecular formula is C31H45ClO3. The molecule has 11 atom stereocenters. The molecule has 3 saturated carbocycles. The fourth-order valence-electron chi connectivity index (χ4n) is 10.3. The second-order valence-corrected chi connectivity index (χ2v) is 14.7. The van der Waals surface area contributed by atoms with Crippen molar-refractivity contribution in [2.75, 3.05) is 7.11 Å². The summed E-state index contributed by atoms with van der Waals surface area (Å²) in [6, 6.07) is 0. The number of methoxy groups -OCH3 is 1. The van der Waals surface area contributed by atoms with Crippen molar-refractivity contribution in [3.63, 3.8) is 0 Å². The summed E-state index contributed by atoms with van der Waals surface area (Å²) in [4.78, 5) is 27.4. The number of rotatable bonds is 1. The Morgan fingerprint density at radius 1 is 1.03 bits per heavy atom. The van der Waals surface area contributed by atoms with Crippen LogP contribution in [0.5, 0.6) is 0 Å². The minimum absolute atomic E-state index is 0.0296. The van der Waals surface area contributed by atoms with Crippen molar-refractivity contribution in [3.8, 4) is 0 Å². The molecule has 4 heteroatoms. The smallest absolute Gasteiger partial charge is 0.315 e. The number of fused-ring (bicyclic) bond motifs is 7. The summed E-state index contributed by atoms with van der Waals surface area (Å²) in [5, 5.41) is -0.292. The number of halogens is 1. The largest absolute Gasteiger partial charge is 0.468 e. The third-order valence-corrected chi connectivity index (χ3v) is 13.5. The summed E-state index contributed by atoms with van der Waals surface area (Å²) >= 11 is 7.14. The molecule has 194 valence electrons. The molecule has 5 rings (SSSR count). The Labute approximate surface area is 217 Å². The lowest BCUT2D eigenvalue weighted by molar-refractivity contribution is -0.184. The molecule has 0 saturated heterocycles. The third kappa shape index (κ3) is 2.97. The zero-order chi connectivity index (χ0) is 25.8. The maximum absolute atomic E-state index is 14.4. The summed E-state index contributed by atoms with van der Waals surface area (Å²) in [5.74, 6) is 1.52. The predicted octanol–water partition coefficient (Wildman–Crippen LogP) is 7.38. The van der Waals surface area contributed by atoms with E-state index in [1.165, 1.54) is 31.9 Å². The van der Waals surface area contributed by atoms with Crippen LogP contribution in [0.2, 0.25) is 0 Å². The molecule has 0 N–H and O–H groups in total. The van der Waals surface area contributed by atoms with E-state index in [0.717, 1.165) is 19.3 Å². The molecule has 0 aromatic carbocycles. The van der Waals surface area contributed by atoms with Gasteiger partial charge in [0.2, 0.25) is 0 Å². The van der Waals surface area contributed by atoms with Crippen LogP contribution in [0.4, 0.5) is 0 Å². The van der Waals surface area contributed by atoms with Crippen LogP contribution >= 0.6 is 11.6 Å². The van der Waals surface area contributed by atoms with E-state index in [4.69, 9.17) is 16.3 Å². The van der Waals surface area contributed by atoms with Crippen molar-refractivity contribution in [1.82, 2.24) is 0 Å². The van der Waals surface area contributed by atoms with E-state index in [-0.39, 0.29) is 45.2 Å². The summed E-state index contributed by atoms with van der Waals surface area (Å²) in [6.07, 6.45) is 12.7. The summed E-state index contributed by atoms with van der Waals surface area (Å²) < 4.78 is 5.28. The summed E-state index contributed by atoms with van der Waals surface area (Å²) in [6.45, 7) is 16.4. The maximum Gasteiger partial charge on any atom is 0.315 e. The van der Waals surface area contributed by atoms with Gasteiger partial charge in [-0.15, -0.1) is 11.6 Å². The van der Waals surface area contributed by atoms with Crippen LogP contribution in [0.25, 0.3) is 0 Å². The molecular weight excluding hydrogens is 456 g/mol. The first-order chi connectivity index (χ1) is 16.2. The van der Waals surface area contributed by atoms with Gasteiger partial charge in [-0.1, -0.05) is 59.3 Å². The monoisotopic (exact) mass is 500 g/mol. The number of esters is 1. The lowest BCUT2D eigenvalue weighted by Crippen LogP contribution is -2.67. The Morgan fingerprint density at radius 3 is 2.37 bits per heavy atom. The van der Waals surface area contributed by atoms with E-state index < -0.39 is 10.8 Å². The topological polar surface area (TPSA) is 43.4 Å². The number of allylic oxidation sites excluding steroid dienone is 3. The normalized spacial score (nSPS) is 55.1. The van der Waals surface area contributed by atoms with Crippen LogP contribution in [0, 0.1) is 56.7 Å².